The van der Waals surface area contributed by atoms with Gasteiger partial charge < -0.3 is 19.9 Å². The standard InChI is InChI=1S/C28H26FN3O3/c1-17-11-12-18(15-23(17)29)31-27(33)25-20-8-3-4-9-21(20)28(34)32(13-14-35-2)26(25)22-16-30-24-10-6-5-7-19(22)24/h3-12,15-16,25-26,30H,13-14H2,1-2H3,(H,31,33)/t25-,26+/m0/s1. The molecule has 0 spiro atoms. The van der Waals surface area contributed by atoms with E-state index in [9.17, 15) is 14.0 Å². The average Bonchev–Trinajstić information content (AvgIpc) is 3.29. The molecule has 0 unspecified atom stereocenters. The van der Waals surface area contributed by atoms with E-state index in [1.54, 1.807) is 43.2 Å². The van der Waals surface area contributed by atoms with Crippen molar-refractivity contribution >= 4 is 28.4 Å². The molecule has 0 aliphatic carbocycles. The number of nitrogens with zero attached hydrogens (tertiary/aromatic N) is 1. The Labute approximate surface area is 202 Å². The molecule has 6 nitrogen and oxygen atoms in total. The second-order valence-corrected chi connectivity index (χ2v) is 8.74. The average molecular weight is 472 g/mol. The van der Waals surface area contributed by atoms with Gasteiger partial charge >= 0.3 is 0 Å². The number of aryl methyl sites for hydroxylation is 1. The predicted molar refractivity (Wildman–Crippen MR) is 133 cm³/mol. The van der Waals surface area contributed by atoms with Gasteiger partial charge in [-0.3, -0.25) is 9.59 Å². The topological polar surface area (TPSA) is 74.4 Å². The third kappa shape index (κ3) is 4.08. The smallest absolute Gasteiger partial charge is 0.254 e. The van der Waals surface area contributed by atoms with Crippen molar-refractivity contribution in [3.8, 4) is 0 Å². The lowest BCUT2D eigenvalue weighted by Crippen LogP contribution is -2.47. The largest absolute Gasteiger partial charge is 0.383 e. The predicted octanol–water partition coefficient (Wildman–Crippen LogP) is 5.18. The number of halogens is 1. The number of aromatic amines is 1. The van der Waals surface area contributed by atoms with Crippen LogP contribution in [0.15, 0.2) is 72.9 Å². The van der Waals surface area contributed by atoms with Crippen LogP contribution in [0, 0.1) is 12.7 Å². The third-order valence-corrected chi connectivity index (χ3v) is 6.64. The number of carbonyl (C=O) groups excluding carboxylic acids is 2. The number of aromatic nitrogens is 1. The molecule has 2 atom stereocenters. The Bertz CT molecular complexity index is 1410. The van der Waals surface area contributed by atoms with Crippen molar-refractivity contribution < 1.29 is 18.7 Å². The van der Waals surface area contributed by atoms with Gasteiger partial charge in [0.25, 0.3) is 5.91 Å². The first kappa shape index (κ1) is 22.8. The van der Waals surface area contributed by atoms with Gasteiger partial charge in [-0.05, 0) is 42.3 Å². The summed E-state index contributed by atoms with van der Waals surface area (Å²) in [6.45, 7) is 2.31. The molecular formula is C28H26FN3O3. The third-order valence-electron chi connectivity index (χ3n) is 6.64. The molecule has 7 heteroatoms. The highest BCUT2D eigenvalue weighted by molar-refractivity contribution is 6.05. The second kappa shape index (κ2) is 9.35. The van der Waals surface area contributed by atoms with Gasteiger partial charge in [0.15, 0.2) is 0 Å². The number of ether oxygens (including phenoxy) is 1. The lowest BCUT2D eigenvalue weighted by molar-refractivity contribution is -0.119. The number of H-pyrrole nitrogens is 1. The Hall–Kier alpha value is -3.97. The molecule has 0 saturated carbocycles. The summed E-state index contributed by atoms with van der Waals surface area (Å²) in [5, 5.41) is 3.83. The number of carbonyl (C=O) groups is 2. The van der Waals surface area contributed by atoms with Gasteiger partial charge in [-0.1, -0.05) is 42.5 Å². The minimum Gasteiger partial charge on any atom is -0.383 e. The highest BCUT2D eigenvalue weighted by Gasteiger charge is 2.44. The number of methoxy groups -OCH3 is 1. The first-order valence-electron chi connectivity index (χ1n) is 11.5. The second-order valence-electron chi connectivity index (χ2n) is 8.74. The maximum atomic E-state index is 14.2. The number of benzene rings is 3. The molecule has 0 saturated heterocycles. The minimum absolute atomic E-state index is 0.154. The van der Waals surface area contributed by atoms with Crippen LogP contribution >= 0.6 is 0 Å². The van der Waals surface area contributed by atoms with E-state index in [1.807, 2.05) is 42.6 Å². The Kier molecular flexibility index (Phi) is 6.09. The first-order valence-corrected chi connectivity index (χ1v) is 11.5. The summed E-state index contributed by atoms with van der Waals surface area (Å²) in [7, 11) is 1.58. The molecule has 2 heterocycles. The van der Waals surface area contributed by atoms with E-state index < -0.39 is 17.8 Å². The zero-order chi connectivity index (χ0) is 24.5. The summed E-state index contributed by atoms with van der Waals surface area (Å²) in [4.78, 5) is 32.5. The number of hydrogen-bond donors (Lipinski definition) is 2. The van der Waals surface area contributed by atoms with E-state index in [0.29, 0.717) is 35.5 Å². The highest BCUT2D eigenvalue weighted by atomic mass is 19.1. The molecule has 1 aliphatic rings. The van der Waals surface area contributed by atoms with Crippen LogP contribution < -0.4 is 5.32 Å². The lowest BCUT2D eigenvalue weighted by Gasteiger charge is -2.41. The van der Waals surface area contributed by atoms with Crippen LogP contribution in [0.3, 0.4) is 0 Å². The van der Waals surface area contributed by atoms with Gasteiger partial charge in [-0.15, -0.1) is 0 Å². The Balaban J connectivity index is 1.66. The maximum absolute atomic E-state index is 14.2. The molecule has 1 aliphatic heterocycles. The van der Waals surface area contributed by atoms with E-state index in [2.05, 4.69) is 10.3 Å². The number of fused-ring (bicyclic) bond motifs is 2. The van der Waals surface area contributed by atoms with E-state index in [1.165, 1.54) is 6.07 Å². The minimum atomic E-state index is -0.718. The molecule has 4 aromatic rings. The molecule has 2 amide bonds. The first-order chi connectivity index (χ1) is 17.0. The van der Waals surface area contributed by atoms with Gasteiger partial charge in [-0.2, -0.15) is 0 Å². The van der Waals surface area contributed by atoms with Gasteiger partial charge in [-0.25, -0.2) is 4.39 Å². The van der Waals surface area contributed by atoms with Crippen molar-refractivity contribution in [3.05, 3.63) is 101 Å². The van der Waals surface area contributed by atoms with Crippen molar-refractivity contribution in [2.24, 2.45) is 0 Å². The summed E-state index contributed by atoms with van der Waals surface area (Å²) in [5.41, 5.74) is 3.75. The van der Waals surface area contributed by atoms with Gasteiger partial charge in [0.1, 0.15) is 5.82 Å². The Morgan fingerprint density at radius 1 is 1.09 bits per heavy atom. The van der Waals surface area contributed by atoms with Crippen molar-refractivity contribution in [1.29, 1.82) is 0 Å². The maximum Gasteiger partial charge on any atom is 0.254 e. The van der Waals surface area contributed by atoms with E-state index in [4.69, 9.17) is 4.74 Å². The molecule has 0 fully saturated rings. The number of amides is 2. The van der Waals surface area contributed by atoms with Crippen LogP contribution in [0.25, 0.3) is 10.9 Å². The zero-order valence-electron chi connectivity index (χ0n) is 19.5. The fraction of sp³-hybridized carbons (Fsp3) is 0.214. The molecule has 1 aromatic heterocycles. The fourth-order valence-corrected chi connectivity index (χ4v) is 4.89. The molecule has 178 valence electrons. The van der Waals surface area contributed by atoms with Crippen LogP contribution in [-0.2, 0) is 9.53 Å². The fourth-order valence-electron chi connectivity index (χ4n) is 4.89. The highest BCUT2D eigenvalue weighted by Crippen LogP contribution is 2.45. The van der Waals surface area contributed by atoms with Crippen molar-refractivity contribution in [2.45, 2.75) is 18.9 Å². The lowest BCUT2D eigenvalue weighted by atomic mass is 9.79. The van der Waals surface area contributed by atoms with Crippen molar-refractivity contribution in [3.63, 3.8) is 0 Å². The quantitative estimate of drug-likeness (QED) is 0.407. The number of nitrogens with one attached hydrogen (secondary N) is 2. The van der Waals surface area contributed by atoms with Crippen molar-refractivity contribution in [1.82, 2.24) is 9.88 Å². The van der Waals surface area contributed by atoms with E-state index in [0.717, 1.165) is 16.5 Å². The number of hydrogen-bond acceptors (Lipinski definition) is 3. The van der Waals surface area contributed by atoms with Gasteiger partial charge in [0.2, 0.25) is 5.91 Å². The van der Waals surface area contributed by atoms with Crippen molar-refractivity contribution in [2.75, 3.05) is 25.6 Å². The monoisotopic (exact) mass is 471 g/mol. The number of anilines is 1. The summed E-state index contributed by atoms with van der Waals surface area (Å²) < 4.78 is 19.5. The Morgan fingerprint density at radius 2 is 1.86 bits per heavy atom. The van der Waals surface area contributed by atoms with E-state index >= 15 is 0 Å². The summed E-state index contributed by atoms with van der Waals surface area (Å²) in [6.07, 6.45) is 1.86. The Morgan fingerprint density at radius 3 is 2.66 bits per heavy atom. The zero-order valence-corrected chi connectivity index (χ0v) is 19.5. The van der Waals surface area contributed by atoms with Gasteiger partial charge in [0.05, 0.1) is 18.6 Å². The summed E-state index contributed by atoms with van der Waals surface area (Å²) >= 11 is 0. The summed E-state index contributed by atoms with van der Waals surface area (Å²) in [6, 6.07) is 19.0. The molecule has 0 bridgehead atoms. The SMILES string of the molecule is COCCN1C(=O)c2ccccc2[C@H](C(=O)Nc2ccc(C)c(F)c2)[C@H]1c1c[nH]c2ccccc12. The van der Waals surface area contributed by atoms with Crippen LogP contribution in [0.5, 0.6) is 0 Å². The molecule has 5 rings (SSSR count). The molecular weight excluding hydrogens is 445 g/mol. The molecule has 3 aromatic carbocycles. The van der Waals surface area contributed by atoms with Crippen LogP contribution in [0.2, 0.25) is 0 Å². The van der Waals surface area contributed by atoms with Crippen LogP contribution in [0.1, 0.15) is 39.0 Å². The molecule has 0 radical (unpaired) electrons. The van der Waals surface area contributed by atoms with Crippen LogP contribution in [-0.4, -0.2) is 42.0 Å². The molecule has 2 N–H and O–H groups in total. The normalized spacial score (nSPS) is 17.5. The number of rotatable bonds is 6. The van der Waals surface area contributed by atoms with Gasteiger partial charge in [0, 0.05) is 47.6 Å². The van der Waals surface area contributed by atoms with Crippen LogP contribution in [0.4, 0.5) is 10.1 Å². The summed E-state index contributed by atoms with van der Waals surface area (Å²) in [5.74, 6) is -1.58. The number of para-hydroxylation sites is 1. The van der Waals surface area contributed by atoms with E-state index in [-0.39, 0.29) is 11.8 Å². The molecule has 35 heavy (non-hydrogen) atoms.